The molecule has 0 spiro atoms. The van der Waals surface area contributed by atoms with Gasteiger partial charge in [0, 0.05) is 17.7 Å². The van der Waals surface area contributed by atoms with Crippen molar-refractivity contribution in [3.05, 3.63) is 77.0 Å². The Balaban J connectivity index is 1.73. The number of nitrogens with one attached hydrogen (secondary N) is 1. The summed E-state index contributed by atoms with van der Waals surface area (Å²) < 4.78 is 45.3. The molecule has 0 saturated carbocycles. The molecule has 2 aromatic rings. The summed E-state index contributed by atoms with van der Waals surface area (Å²) >= 11 is 6.00. The van der Waals surface area contributed by atoms with Gasteiger partial charge in [-0.15, -0.1) is 0 Å². The minimum absolute atomic E-state index is 0.0358. The lowest BCUT2D eigenvalue weighted by Gasteiger charge is -2.33. The Bertz CT molecular complexity index is 902. The zero-order valence-corrected chi connectivity index (χ0v) is 15.2. The highest BCUT2D eigenvalue weighted by Gasteiger charge is 2.63. The van der Waals surface area contributed by atoms with Gasteiger partial charge >= 0.3 is 6.18 Å². The third kappa shape index (κ3) is 3.79. The van der Waals surface area contributed by atoms with Gasteiger partial charge in [-0.2, -0.15) is 13.2 Å². The van der Waals surface area contributed by atoms with Crippen LogP contribution in [0, 0.1) is 0 Å². The van der Waals surface area contributed by atoms with E-state index in [0.717, 1.165) is 0 Å². The SMILES string of the molecule is C=C1CC(O)(C(F)(F)F)N(C(=O)c2ccc(COc3ccccc3Cl)cc2)N1. The maximum atomic E-state index is 13.3. The molecule has 5 nitrogen and oxygen atoms in total. The van der Waals surface area contributed by atoms with E-state index in [4.69, 9.17) is 16.3 Å². The number of hydrogen-bond acceptors (Lipinski definition) is 4. The van der Waals surface area contributed by atoms with Crippen molar-refractivity contribution in [3.8, 4) is 5.75 Å². The molecule has 1 saturated heterocycles. The third-order valence-electron chi connectivity index (χ3n) is 4.19. The number of carbonyl (C=O) groups is 1. The monoisotopic (exact) mass is 412 g/mol. The summed E-state index contributed by atoms with van der Waals surface area (Å²) in [6, 6.07) is 12.7. The fourth-order valence-corrected chi connectivity index (χ4v) is 2.90. The van der Waals surface area contributed by atoms with Crippen LogP contribution >= 0.6 is 11.6 Å². The van der Waals surface area contributed by atoms with Crippen LogP contribution in [0.25, 0.3) is 0 Å². The van der Waals surface area contributed by atoms with Crippen LogP contribution in [-0.2, 0) is 6.61 Å². The van der Waals surface area contributed by atoms with Gasteiger partial charge in [-0.05, 0) is 29.8 Å². The molecule has 28 heavy (non-hydrogen) atoms. The summed E-state index contributed by atoms with van der Waals surface area (Å²) in [6.07, 6.45) is -5.89. The van der Waals surface area contributed by atoms with Gasteiger partial charge in [0.05, 0.1) is 5.02 Å². The molecule has 1 unspecified atom stereocenters. The Kier molecular flexibility index (Phi) is 5.27. The van der Waals surface area contributed by atoms with Crippen molar-refractivity contribution < 1.29 is 27.8 Å². The maximum absolute atomic E-state index is 13.3. The number of hydrazine groups is 1. The number of amides is 1. The molecule has 9 heteroatoms. The van der Waals surface area contributed by atoms with Crippen LogP contribution < -0.4 is 10.2 Å². The number of benzene rings is 2. The zero-order valence-electron chi connectivity index (χ0n) is 14.5. The summed E-state index contributed by atoms with van der Waals surface area (Å²) in [5.41, 5.74) is -0.624. The van der Waals surface area contributed by atoms with E-state index < -0.39 is 24.2 Å². The number of alkyl halides is 3. The van der Waals surface area contributed by atoms with E-state index in [1.807, 2.05) is 0 Å². The standard InChI is InChI=1S/C19H16ClF3N2O3/c1-12-10-18(27,19(21,22)23)25(24-12)17(26)14-8-6-13(7-9-14)11-28-16-5-3-2-4-15(16)20/h2-9,24,27H,1,10-11H2. The molecule has 0 aliphatic carbocycles. The molecular formula is C19H16ClF3N2O3. The first-order chi connectivity index (χ1) is 13.1. The molecule has 1 aliphatic heterocycles. The summed E-state index contributed by atoms with van der Waals surface area (Å²) in [5, 5.41) is 10.6. The van der Waals surface area contributed by atoms with Crippen LogP contribution in [0.2, 0.25) is 5.02 Å². The Labute approximate surface area is 163 Å². The average Bonchev–Trinajstić information content (AvgIpc) is 2.96. The number of rotatable bonds is 4. The van der Waals surface area contributed by atoms with Crippen molar-refractivity contribution >= 4 is 17.5 Å². The van der Waals surface area contributed by atoms with Gasteiger partial charge < -0.3 is 9.84 Å². The largest absolute Gasteiger partial charge is 0.487 e. The molecule has 1 heterocycles. The summed E-state index contributed by atoms with van der Waals surface area (Å²) in [7, 11) is 0. The summed E-state index contributed by atoms with van der Waals surface area (Å²) in [4.78, 5) is 12.5. The first-order valence-electron chi connectivity index (χ1n) is 8.16. The van der Waals surface area contributed by atoms with E-state index in [1.54, 1.807) is 36.4 Å². The second-order valence-electron chi connectivity index (χ2n) is 6.26. The maximum Gasteiger partial charge on any atom is 0.438 e. The van der Waals surface area contributed by atoms with Gasteiger partial charge in [-0.3, -0.25) is 10.2 Å². The van der Waals surface area contributed by atoms with E-state index in [0.29, 0.717) is 16.3 Å². The molecule has 1 fully saturated rings. The number of para-hydroxylation sites is 1. The van der Waals surface area contributed by atoms with Crippen LogP contribution in [0.15, 0.2) is 60.8 Å². The van der Waals surface area contributed by atoms with Crippen LogP contribution in [0.1, 0.15) is 22.3 Å². The molecule has 0 aromatic heterocycles. The van der Waals surface area contributed by atoms with E-state index in [1.165, 1.54) is 12.1 Å². The lowest BCUT2D eigenvalue weighted by Crippen LogP contribution is -2.59. The first kappa shape index (κ1) is 20.0. The quantitative estimate of drug-likeness (QED) is 0.795. The lowest BCUT2D eigenvalue weighted by molar-refractivity contribution is -0.299. The van der Waals surface area contributed by atoms with Crippen molar-refractivity contribution in [3.63, 3.8) is 0 Å². The normalized spacial score (nSPS) is 19.5. The smallest absolute Gasteiger partial charge is 0.438 e. The van der Waals surface area contributed by atoms with Gasteiger partial charge in [0.15, 0.2) is 0 Å². The number of hydrogen-bond donors (Lipinski definition) is 2. The van der Waals surface area contributed by atoms with Crippen LogP contribution in [0.5, 0.6) is 5.75 Å². The Morgan fingerprint density at radius 3 is 2.50 bits per heavy atom. The van der Waals surface area contributed by atoms with Crippen molar-refractivity contribution in [2.75, 3.05) is 0 Å². The number of aliphatic hydroxyl groups is 1. The van der Waals surface area contributed by atoms with Gasteiger partial charge in [0.25, 0.3) is 11.6 Å². The second-order valence-corrected chi connectivity index (χ2v) is 6.67. The van der Waals surface area contributed by atoms with E-state index >= 15 is 0 Å². The van der Waals surface area contributed by atoms with Crippen molar-refractivity contribution in [2.45, 2.75) is 24.9 Å². The highest BCUT2D eigenvalue weighted by atomic mass is 35.5. The average molecular weight is 413 g/mol. The summed E-state index contributed by atoms with van der Waals surface area (Å²) in [6.45, 7) is 3.53. The predicted molar refractivity (Wildman–Crippen MR) is 96.3 cm³/mol. The van der Waals surface area contributed by atoms with E-state index in [2.05, 4.69) is 12.0 Å². The molecule has 3 rings (SSSR count). The number of halogens is 4. The molecule has 1 aliphatic rings. The minimum atomic E-state index is -5.04. The Hall–Kier alpha value is -2.71. The fraction of sp³-hybridized carbons (Fsp3) is 0.211. The summed E-state index contributed by atoms with van der Waals surface area (Å²) in [5.74, 6) is -0.545. The molecule has 1 amide bonds. The fourth-order valence-electron chi connectivity index (χ4n) is 2.71. The Morgan fingerprint density at radius 2 is 1.89 bits per heavy atom. The number of carbonyl (C=O) groups excluding carboxylic acids is 1. The predicted octanol–water partition coefficient (Wildman–Crippen LogP) is 4.03. The second kappa shape index (κ2) is 7.37. The highest BCUT2D eigenvalue weighted by molar-refractivity contribution is 6.32. The van der Waals surface area contributed by atoms with Crippen LogP contribution in [-0.4, -0.2) is 27.9 Å². The molecular weight excluding hydrogens is 397 g/mol. The van der Waals surface area contributed by atoms with Crippen molar-refractivity contribution in [2.24, 2.45) is 0 Å². The first-order valence-corrected chi connectivity index (χ1v) is 8.54. The molecule has 0 bridgehead atoms. The lowest BCUT2D eigenvalue weighted by atomic mass is 10.1. The Morgan fingerprint density at radius 1 is 1.25 bits per heavy atom. The third-order valence-corrected chi connectivity index (χ3v) is 4.50. The van der Waals surface area contributed by atoms with E-state index in [-0.39, 0.29) is 22.9 Å². The van der Waals surface area contributed by atoms with Crippen molar-refractivity contribution in [1.29, 1.82) is 0 Å². The van der Waals surface area contributed by atoms with Crippen molar-refractivity contribution in [1.82, 2.24) is 10.4 Å². The molecule has 0 radical (unpaired) electrons. The number of nitrogens with zero attached hydrogens (tertiary/aromatic N) is 1. The minimum Gasteiger partial charge on any atom is -0.487 e. The van der Waals surface area contributed by atoms with Gasteiger partial charge in [0.2, 0.25) is 0 Å². The van der Waals surface area contributed by atoms with E-state index in [9.17, 15) is 23.1 Å². The van der Waals surface area contributed by atoms with Gasteiger partial charge in [-0.25, -0.2) is 5.01 Å². The van der Waals surface area contributed by atoms with Gasteiger partial charge in [0.1, 0.15) is 12.4 Å². The topological polar surface area (TPSA) is 61.8 Å². The van der Waals surface area contributed by atoms with Gasteiger partial charge in [-0.1, -0.05) is 42.4 Å². The molecule has 2 N–H and O–H groups in total. The van der Waals surface area contributed by atoms with Crippen LogP contribution in [0.3, 0.4) is 0 Å². The molecule has 1 atom stereocenters. The molecule has 2 aromatic carbocycles. The number of ether oxygens (including phenoxy) is 1. The van der Waals surface area contributed by atoms with Crippen LogP contribution in [0.4, 0.5) is 13.2 Å². The zero-order chi connectivity index (χ0) is 20.5. The highest BCUT2D eigenvalue weighted by Crippen LogP contribution is 2.41. The molecule has 148 valence electrons.